The number of carbonyl (C=O) groups excluding carboxylic acids is 1. The fourth-order valence-corrected chi connectivity index (χ4v) is 4.41. The molecule has 0 aliphatic carbocycles. The van der Waals surface area contributed by atoms with Crippen molar-refractivity contribution in [1.29, 1.82) is 0 Å². The summed E-state index contributed by atoms with van der Waals surface area (Å²) in [5.41, 5.74) is 4.71. The van der Waals surface area contributed by atoms with E-state index >= 15 is 0 Å². The van der Waals surface area contributed by atoms with Crippen molar-refractivity contribution in [2.75, 3.05) is 20.3 Å². The first kappa shape index (κ1) is 21.3. The van der Waals surface area contributed by atoms with Crippen molar-refractivity contribution in [1.82, 2.24) is 4.90 Å². The molecule has 1 amide bonds. The van der Waals surface area contributed by atoms with E-state index in [1.54, 1.807) is 12.0 Å². The van der Waals surface area contributed by atoms with Crippen LogP contribution in [-0.2, 0) is 10.2 Å². The van der Waals surface area contributed by atoms with E-state index in [1.807, 2.05) is 38.1 Å². The van der Waals surface area contributed by atoms with E-state index in [0.717, 1.165) is 16.7 Å². The van der Waals surface area contributed by atoms with E-state index in [-0.39, 0.29) is 22.5 Å². The quantitative estimate of drug-likeness (QED) is 0.604. The van der Waals surface area contributed by atoms with Crippen LogP contribution in [0.2, 0.25) is 0 Å². The summed E-state index contributed by atoms with van der Waals surface area (Å²) in [7, 11) is 1.60. The Hall–Kier alpha value is -2.92. The van der Waals surface area contributed by atoms with Gasteiger partial charge >= 0.3 is 0 Å². The van der Waals surface area contributed by atoms with Crippen LogP contribution in [0.3, 0.4) is 0 Å². The van der Waals surface area contributed by atoms with Gasteiger partial charge in [0.25, 0.3) is 5.91 Å². The fourth-order valence-electron chi connectivity index (χ4n) is 4.41. The van der Waals surface area contributed by atoms with Gasteiger partial charge in [-0.2, -0.15) is 0 Å². The predicted molar refractivity (Wildman–Crippen MR) is 122 cm³/mol. The minimum Gasteiger partial charge on any atom is -0.450 e. The molecule has 2 aromatic carbocycles. The van der Waals surface area contributed by atoms with Crippen molar-refractivity contribution in [3.05, 3.63) is 80.2 Å². The maximum absolute atomic E-state index is 13.6. The predicted octanol–water partition coefficient (Wildman–Crippen LogP) is 4.90. The van der Waals surface area contributed by atoms with Crippen LogP contribution in [-0.4, -0.2) is 31.1 Å². The summed E-state index contributed by atoms with van der Waals surface area (Å²) in [4.78, 5) is 28.6. The highest BCUT2D eigenvalue weighted by Gasteiger charge is 2.42. The zero-order valence-electron chi connectivity index (χ0n) is 19.0. The second-order valence-electron chi connectivity index (χ2n) is 9.40. The van der Waals surface area contributed by atoms with Crippen LogP contribution in [0.4, 0.5) is 0 Å². The maximum Gasteiger partial charge on any atom is 0.290 e. The van der Waals surface area contributed by atoms with Gasteiger partial charge in [0, 0.05) is 13.7 Å². The van der Waals surface area contributed by atoms with E-state index in [2.05, 4.69) is 32.9 Å². The van der Waals surface area contributed by atoms with E-state index < -0.39 is 6.04 Å². The first-order valence-corrected chi connectivity index (χ1v) is 10.6. The highest BCUT2D eigenvalue weighted by Crippen LogP contribution is 2.39. The van der Waals surface area contributed by atoms with Gasteiger partial charge in [0.2, 0.25) is 5.76 Å². The smallest absolute Gasteiger partial charge is 0.290 e. The SMILES string of the molecule is COCCN1C(=O)c2oc3c(C)cc(C)cc3c(=O)c2C1c1ccc(C(C)(C)C)cc1. The highest BCUT2D eigenvalue weighted by atomic mass is 16.5. The van der Waals surface area contributed by atoms with Crippen LogP contribution in [0.25, 0.3) is 11.0 Å². The second-order valence-corrected chi connectivity index (χ2v) is 9.40. The van der Waals surface area contributed by atoms with Crippen molar-refractivity contribution in [2.45, 2.75) is 46.1 Å². The Kier molecular flexibility index (Phi) is 5.26. The number of nitrogens with zero attached hydrogens (tertiary/aromatic N) is 1. The zero-order valence-corrected chi connectivity index (χ0v) is 19.0. The summed E-state index contributed by atoms with van der Waals surface area (Å²) in [6.07, 6.45) is 0. The lowest BCUT2D eigenvalue weighted by molar-refractivity contribution is 0.0663. The standard InChI is InChI=1S/C26H29NO4/c1-15-13-16(2)23-19(14-15)22(28)20-21(17-7-9-18(10-8-17)26(3,4)5)27(11-12-30-6)25(29)24(20)31-23/h7-10,13-14,21H,11-12H2,1-6H3. The van der Waals surface area contributed by atoms with Gasteiger partial charge in [-0.1, -0.05) is 51.1 Å². The molecule has 0 radical (unpaired) electrons. The van der Waals surface area contributed by atoms with Crippen molar-refractivity contribution in [3.63, 3.8) is 0 Å². The lowest BCUT2D eigenvalue weighted by Crippen LogP contribution is -2.32. The summed E-state index contributed by atoms with van der Waals surface area (Å²) >= 11 is 0. The van der Waals surface area contributed by atoms with Gasteiger partial charge in [-0.05, 0) is 47.6 Å². The number of fused-ring (bicyclic) bond motifs is 2. The molecule has 0 bridgehead atoms. The van der Waals surface area contributed by atoms with Gasteiger partial charge < -0.3 is 14.1 Å². The molecule has 0 saturated heterocycles. The van der Waals surface area contributed by atoms with E-state index in [1.165, 1.54) is 5.56 Å². The van der Waals surface area contributed by atoms with E-state index in [0.29, 0.717) is 29.7 Å². The average molecular weight is 420 g/mol. The lowest BCUT2D eigenvalue weighted by atomic mass is 9.86. The summed E-state index contributed by atoms with van der Waals surface area (Å²) in [5, 5.41) is 0.522. The van der Waals surface area contributed by atoms with Gasteiger partial charge in [-0.25, -0.2) is 0 Å². The van der Waals surface area contributed by atoms with Gasteiger partial charge in [0.05, 0.1) is 23.6 Å². The largest absolute Gasteiger partial charge is 0.450 e. The van der Waals surface area contributed by atoms with Crippen molar-refractivity contribution < 1.29 is 13.9 Å². The molecule has 5 nitrogen and oxygen atoms in total. The van der Waals surface area contributed by atoms with Crippen LogP contribution in [0.15, 0.2) is 45.6 Å². The van der Waals surface area contributed by atoms with Crippen LogP contribution in [0.1, 0.15) is 65.2 Å². The Morgan fingerprint density at radius 1 is 1.06 bits per heavy atom. The Morgan fingerprint density at radius 2 is 1.74 bits per heavy atom. The van der Waals surface area contributed by atoms with E-state index in [9.17, 15) is 9.59 Å². The first-order chi connectivity index (χ1) is 14.6. The van der Waals surface area contributed by atoms with Crippen LogP contribution in [0, 0.1) is 13.8 Å². The molecule has 0 fully saturated rings. The number of ether oxygens (including phenoxy) is 1. The van der Waals surface area contributed by atoms with Gasteiger partial charge in [-0.3, -0.25) is 9.59 Å². The van der Waals surface area contributed by atoms with Crippen LogP contribution < -0.4 is 5.43 Å². The number of amides is 1. The Labute approximate surface area is 182 Å². The molecule has 1 aromatic heterocycles. The number of hydrogen-bond acceptors (Lipinski definition) is 4. The maximum atomic E-state index is 13.6. The summed E-state index contributed by atoms with van der Waals surface area (Å²) in [6.45, 7) is 11.1. The molecule has 31 heavy (non-hydrogen) atoms. The molecule has 162 valence electrons. The molecular weight excluding hydrogens is 390 g/mol. The molecule has 1 atom stereocenters. The van der Waals surface area contributed by atoms with Crippen LogP contribution in [0.5, 0.6) is 0 Å². The lowest BCUT2D eigenvalue weighted by Gasteiger charge is -2.26. The Bertz CT molecular complexity index is 1220. The number of benzene rings is 2. The number of methoxy groups -OCH3 is 1. The minimum atomic E-state index is -0.492. The summed E-state index contributed by atoms with van der Waals surface area (Å²) < 4.78 is 11.3. The molecule has 1 aliphatic heterocycles. The summed E-state index contributed by atoms with van der Waals surface area (Å²) in [5.74, 6) is -0.124. The third-order valence-corrected chi connectivity index (χ3v) is 6.03. The van der Waals surface area contributed by atoms with Gasteiger partial charge in [0.15, 0.2) is 5.43 Å². The minimum absolute atomic E-state index is 0.0158. The summed E-state index contributed by atoms with van der Waals surface area (Å²) in [6, 6.07) is 11.5. The average Bonchev–Trinajstić information content (AvgIpc) is 2.99. The monoisotopic (exact) mass is 419 g/mol. The third-order valence-electron chi connectivity index (χ3n) is 6.03. The normalized spacial score (nSPS) is 16.3. The number of aryl methyl sites for hydroxylation is 2. The number of carbonyl (C=O) groups is 1. The topological polar surface area (TPSA) is 59.8 Å². The molecule has 4 rings (SSSR count). The van der Waals surface area contributed by atoms with Crippen molar-refractivity contribution in [2.24, 2.45) is 0 Å². The molecule has 1 unspecified atom stereocenters. The molecule has 0 spiro atoms. The molecule has 3 aromatic rings. The number of rotatable bonds is 4. The zero-order chi connectivity index (χ0) is 22.5. The fraction of sp³-hybridized carbons (Fsp3) is 0.385. The molecule has 5 heteroatoms. The Balaban J connectivity index is 1.94. The molecular formula is C26H29NO4. The molecule has 0 saturated carbocycles. The Morgan fingerprint density at radius 3 is 2.35 bits per heavy atom. The molecule has 1 aliphatic rings. The van der Waals surface area contributed by atoms with Crippen LogP contribution >= 0.6 is 0 Å². The second kappa shape index (κ2) is 7.65. The molecule has 2 heterocycles. The number of hydrogen-bond donors (Lipinski definition) is 0. The third kappa shape index (κ3) is 3.57. The van der Waals surface area contributed by atoms with E-state index in [4.69, 9.17) is 9.15 Å². The van der Waals surface area contributed by atoms with Gasteiger partial charge in [-0.15, -0.1) is 0 Å². The van der Waals surface area contributed by atoms with Crippen molar-refractivity contribution in [3.8, 4) is 0 Å². The first-order valence-electron chi connectivity index (χ1n) is 10.6. The van der Waals surface area contributed by atoms with Gasteiger partial charge in [0.1, 0.15) is 5.58 Å². The highest BCUT2D eigenvalue weighted by molar-refractivity contribution is 5.99. The molecule has 0 N–H and O–H groups in total. The van der Waals surface area contributed by atoms with Crippen molar-refractivity contribution >= 4 is 16.9 Å².